The van der Waals surface area contributed by atoms with E-state index in [9.17, 15) is 8.76 Å². The summed E-state index contributed by atoms with van der Waals surface area (Å²) >= 11 is 4.44. The van der Waals surface area contributed by atoms with E-state index in [-0.39, 0.29) is 11.6 Å². The first-order valence-corrected chi connectivity index (χ1v) is 13.8. The van der Waals surface area contributed by atoms with E-state index in [1.807, 2.05) is 24.4 Å². The second-order valence-corrected chi connectivity index (χ2v) is 10.9. The minimum atomic E-state index is -1.98. The molecule has 3 aromatic rings. The van der Waals surface area contributed by atoms with Gasteiger partial charge < -0.3 is 15.0 Å². The zero-order valence-electron chi connectivity index (χ0n) is 19.8. The summed E-state index contributed by atoms with van der Waals surface area (Å²) in [5, 5.41) is 4.99. The summed E-state index contributed by atoms with van der Waals surface area (Å²) in [6, 6.07) is 6.14. The van der Waals surface area contributed by atoms with E-state index < -0.39 is 11.3 Å². The number of nitrogens with zero attached hydrogens (tertiary/aromatic N) is 2. The number of aromatic amines is 1. The number of methoxy groups -OCH3 is 1. The number of rotatable bonds is 7. The second kappa shape index (κ2) is 10.4. The smallest absolute Gasteiger partial charge is 0.232 e. The maximum atomic E-state index is 11.7. The van der Waals surface area contributed by atoms with Gasteiger partial charge in [-0.15, -0.1) is 0 Å². The van der Waals surface area contributed by atoms with Crippen LogP contribution < -0.4 is 14.8 Å². The highest BCUT2D eigenvalue weighted by atomic mass is 35.5. The fraction of sp³-hybridized carbons (Fsp3) is 0.520. The molecule has 188 valence electrons. The average molecular weight is 518 g/mol. The van der Waals surface area contributed by atoms with Crippen molar-refractivity contribution in [1.29, 1.82) is 0 Å². The predicted molar refractivity (Wildman–Crippen MR) is 140 cm³/mol. The van der Waals surface area contributed by atoms with E-state index in [2.05, 4.69) is 25.0 Å². The van der Waals surface area contributed by atoms with Gasteiger partial charge in [-0.2, -0.15) is 0 Å². The molecule has 8 nitrogen and oxygen atoms in total. The monoisotopic (exact) mass is 517 g/mol. The number of pyridine rings is 2. The van der Waals surface area contributed by atoms with Crippen LogP contribution in [0.1, 0.15) is 57.8 Å². The standard InChI is InChI=1S/C25H32ClN5O3S/c1-34-19-13-20-21(15-28-24(20)27-14-19)16-11-22(26)30-23(12-16)29-18-7-5-17(6-8-18)25(31-35(32)33)9-3-2-4-10-25/h11-15,17-18,31H,2-10H2,1H3,(H,27,28)(H,29,30)(H,32,33). The summed E-state index contributed by atoms with van der Waals surface area (Å²) in [7, 11) is 1.63. The van der Waals surface area contributed by atoms with Crippen molar-refractivity contribution < 1.29 is 13.5 Å². The molecule has 0 saturated heterocycles. The molecular weight excluding hydrogens is 486 g/mol. The van der Waals surface area contributed by atoms with Crippen LogP contribution in [-0.2, 0) is 11.3 Å². The highest BCUT2D eigenvalue weighted by Crippen LogP contribution is 2.42. The SMILES string of the molecule is COc1cnc2[nH]cc(-c3cc(Cl)nc(NC4CCC(C5(NS(=O)O)CCCCC5)CC4)c3)c2c1. The van der Waals surface area contributed by atoms with Crippen LogP contribution in [0, 0.1) is 5.92 Å². The zero-order chi connectivity index (χ0) is 24.4. The summed E-state index contributed by atoms with van der Waals surface area (Å²) in [5.41, 5.74) is 2.52. The Morgan fingerprint density at radius 3 is 2.66 bits per heavy atom. The summed E-state index contributed by atoms with van der Waals surface area (Å²) < 4.78 is 29.6. The highest BCUT2D eigenvalue weighted by Gasteiger charge is 2.42. The quantitative estimate of drug-likeness (QED) is 0.237. The molecule has 2 aliphatic carbocycles. The fourth-order valence-electron chi connectivity index (χ4n) is 6.01. The molecule has 3 aromatic heterocycles. The molecule has 4 N–H and O–H groups in total. The Morgan fingerprint density at radius 1 is 1.17 bits per heavy atom. The normalized spacial score (nSPS) is 23.2. The predicted octanol–water partition coefficient (Wildman–Crippen LogP) is 5.69. The second-order valence-electron chi connectivity index (χ2n) is 9.80. The van der Waals surface area contributed by atoms with E-state index in [4.69, 9.17) is 16.3 Å². The fourth-order valence-corrected chi connectivity index (χ4v) is 6.94. The largest absolute Gasteiger partial charge is 0.495 e. The van der Waals surface area contributed by atoms with Gasteiger partial charge in [-0.25, -0.2) is 18.9 Å². The van der Waals surface area contributed by atoms with Gasteiger partial charge in [0.05, 0.1) is 13.3 Å². The minimum absolute atomic E-state index is 0.214. The molecule has 0 spiro atoms. The number of fused-ring (bicyclic) bond motifs is 1. The summed E-state index contributed by atoms with van der Waals surface area (Å²) in [4.78, 5) is 12.2. The Morgan fingerprint density at radius 2 is 1.94 bits per heavy atom. The van der Waals surface area contributed by atoms with Crippen LogP contribution in [0.25, 0.3) is 22.2 Å². The first-order chi connectivity index (χ1) is 17.0. The molecule has 3 heterocycles. The van der Waals surface area contributed by atoms with Crippen LogP contribution in [0.15, 0.2) is 30.6 Å². The van der Waals surface area contributed by atoms with E-state index in [0.717, 1.165) is 79.3 Å². The highest BCUT2D eigenvalue weighted by molar-refractivity contribution is 7.77. The number of hydrogen-bond acceptors (Lipinski definition) is 5. The van der Waals surface area contributed by atoms with Crippen LogP contribution >= 0.6 is 11.6 Å². The molecule has 0 aliphatic heterocycles. The number of nitrogens with one attached hydrogen (secondary N) is 3. The van der Waals surface area contributed by atoms with Gasteiger partial charge >= 0.3 is 0 Å². The van der Waals surface area contributed by atoms with Gasteiger partial charge in [-0.05, 0) is 68.2 Å². The van der Waals surface area contributed by atoms with Crippen molar-refractivity contribution in [3.8, 4) is 16.9 Å². The first-order valence-electron chi connectivity index (χ1n) is 12.3. The van der Waals surface area contributed by atoms with E-state index in [1.165, 1.54) is 6.42 Å². The lowest BCUT2D eigenvalue weighted by Crippen LogP contribution is -2.54. The van der Waals surface area contributed by atoms with Gasteiger partial charge in [-0.3, -0.25) is 4.55 Å². The van der Waals surface area contributed by atoms with Crippen LogP contribution in [0.5, 0.6) is 5.75 Å². The third-order valence-corrected chi connectivity index (χ3v) is 8.52. The molecular formula is C25H32ClN5O3S. The molecule has 0 amide bonds. The van der Waals surface area contributed by atoms with Gasteiger partial charge in [0, 0.05) is 28.7 Å². The number of aromatic nitrogens is 3. The van der Waals surface area contributed by atoms with Gasteiger partial charge in [0.2, 0.25) is 11.3 Å². The molecule has 0 radical (unpaired) electrons. The average Bonchev–Trinajstić information content (AvgIpc) is 3.27. The van der Waals surface area contributed by atoms with Crippen molar-refractivity contribution in [3.05, 3.63) is 35.7 Å². The maximum absolute atomic E-state index is 11.7. The molecule has 1 unspecified atom stereocenters. The zero-order valence-corrected chi connectivity index (χ0v) is 21.4. The number of hydrogen-bond donors (Lipinski definition) is 4. The van der Waals surface area contributed by atoms with Crippen molar-refractivity contribution in [3.63, 3.8) is 0 Å². The molecule has 0 bridgehead atoms. The van der Waals surface area contributed by atoms with Crippen molar-refractivity contribution in [2.45, 2.75) is 69.4 Å². The lowest BCUT2D eigenvalue weighted by Gasteiger charge is -2.46. The van der Waals surface area contributed by atoms with Crippen LogP contribution in [0.3, 0.4) is 0 Å². The number of anilines is 1. The van der Waals surface area contributed by atoms with E-state index >= 15 is 0 Å². The maximum Gasteiger partial charge on any atom is 0.232 e. The first kappa shape index (κ1) is 24.5. The summed E-state index contributed by atoms with van der Waals surface area (Å²) in [5.74, 6) is 1.86. The molecule has 10 heteroatoms. The lowest BCUT2D eigenvalue weighted by atomic mass is 9.67. The number of ether oxygens (including phenoxy) is 1. The molecule has 2 aliphatic rings. The molecule has 5 rings (SSSR count). The van der Waals surface area contributed by atoms with Crippen molar-refractivity contribution in [1.82, 2.24) is 19.7 Å². The van der Waals surface area contributed by atoms with Crippen LogP contribution in [0.2, 0.25) is 5.15 Å². The van der Waals surface area contributed by atoms with Crippen molar-refractivity contribution >= 4 is 39.7 Å². The topological polar surface area (TPSA) is 112 Å². The Bertz CT molecular complexity index is 1210. The third-order valence-electron chi connectivity index (χ3n) is 7.74. The van der Waals surface area contributed by atoms with Gasteiger partial charge in [0.1, 0.15) is 22.4 Å². The lowest BCUT2D eigenvalue weighted by molar-refractivity contribution is 0.132. The Balaban J connectivity index is 1.30. The van der Waals surface area contributed by atoms with Gasteiger partial charge in [-0.1, -0.05) is 30.9 Å². The Hall–Kier alpha value is -2.20. The van der Waals surface area contributed by atoms with Crippen LogP contribution in [-0.4, -0.2) is 42.4 Å². The third kappa shape index (κ3) is 5.33. The van der Waals surface area contributed by atoms with Crippen molar-refractivity contribution in [2.24, 2.45) is 5.92 Å². The van der Waals surface area contributed by atoms with E-state index in [0.29, 0.717) is 16.8 Å². The van der Waals surface area contributed by atoms with Crippen molar-refractivity contribution in [2.75, 3.05) is 12.4 Å². The number of halogens is 1. The molecule has 1 atom stereocenters. The summed E-state index contributed by atoms with van der Waals surface area (Å²) in [6.45, 7) is 0. The summed E-state index contributed by atoms with van der Waals surface area (Å²) in [6.07, 6.45) is 13.0. The number of H-pyrrole nitrogens is 1. The Kier molecular flexibility index (Phi) is 7.29. The minimum Gasteiger partial charge on any atom is -0.495 e. The van der Waals surface area contributed by atoms with Crippen LogP contribution in [0.4, 0.5) is 5.82 Å². The molecule has 2 fully saturated rings. The van der Waals surface area contributed by atoms with E-state index in [1.54, 1.807) is 13.3 Å². The molecule has 0 aromatic carbocycles. The van der Waals surface area contributed by atoms with Gasteiger partial charge in [0.15, 0.2) is 0 Å². The van der Waals surface area contributed by atoms with Gasteiger partial charge in [0.25, 0.3) is 0 Å². The Labute approximate surface area is 213 Å². The molecule has 2 saturated carbocycles. The molecule has 35 heavy (non-hydrogen) atoms.